The van der Waals surface area contributed by atoms with Crippen molar-refractivity contribution in [1.29, 1.82) is 0 Å². The summed E-state index contributed by atoms with van der Waals surface area (Å²) in [5.74, 6) is 0. The maximum absolute atomic E-state index is 14.1. The molecule has 0 aliphatic carbocycles. The third-order valence-corrected chi connectivity index (χ3v) is 25.2. The molecule has 3 heterocycles. The van der Waals surface area contributed by atoms with Crippen LogP contribution in [0.25, 0.3) is 28.7 Å². The zero-order chi connectivity index (χ0) is 30.1. The van der Waals surface area contributed by atoms with Crippen molar-refractivity contribution in [1.82, 2.24) is 4.48 Å². The molecule has 4 rings (SSSR count). The Kier molecular flexibility index (Phi) is 12.1. The van der Waals surface area contributed by atoms with Crippen molar-refractivity contribution in [3.63, 3.8) is 0 Å². The van der Waals surface area contributed by atoms with E-state index in [1.165, 1.54) is 62.3 Å². The SMILES string of the molecule is CCC[CH2][Sn]([CH2]CCC)([CH2]CCC)[c]1ccc(-c2ccc(/C=C/c3ccc(/C=C4\N=C(C)C=C4C)n3B(F)F)s2)cc1. The predicted octanol–water partition coefficient (Wildman–Crippen LogP) is 11.0. The summed E-state index contributed by atoms with van der Waals surface area (Å²) in [5, 5.41) is 0. The first kappa shape index (κ1) is 32.7. The molecule has 42 heavy (non-hydrogen) atoms. The van der Waals surface area contributed by atoms with E-state index in [9.17, 15) is 8.63 Å². The summed E-state index contributed by atoms with van der Waals surface area (Å²) < 4.78 is 35.4. The number of rotatable bonds is 15. The van der Waals surface area contributed by atoms with Crippen LogP contribution < -0.4 is 3.58 Å². The summed E-state index contributed by atoms with van der Waals surface area (Å²) in [6, 6.07) is 17.3. The molecule has 1 aromatic carbocycles. The fraction of sp³-hybridized carbons (Fsp3) is 0.400. The second-order valence-electron chi connectivity index (χ2n) is 11.6. The minimum absolute atomic E-state index is 0.455. The molecule has 0 radical (unpaired) electrons. The van der Waals surface area contributed by atoms with E-state index in [1.54, 1.807) is 39.2 Å². The molecule has 0 amide bonds. The van der Waals surface area contributed by atoms with Crippen LogP contribution in [-0.2, 0) is 0 Å². The van der Waals surface area contributed by atoms with Crippen molar-refractivity contribution < 1.29 is 8.63 Å². The Labute approximate surface area is 260 Å². The van der Waals surface area contributed by atoms with Crippen molar-refractivity contribution in [2.75, 3.05) is 0 Å². The summed E-state index contributed by atoms with van der Waals surface area (Å²) in [7, 11) is -2.64. The molecule has 1 aliphatic rings. The van der Waals surface area contributed by atoms with Gasteiger partial charge in [-0.05, 0) is 31.6 Å². The fourth-order valence-corrected chi connectivity index (χ4v) is 22.9. The van der Waals surface area contributed by atoms with Crippen LogP contribution in [0.15, 0.2) is 70.9 Å². The topological polar surface area (TPSA) is 17.3 Å². The molecular weight excluding hydrogens is 648 g/mol. The average Bonchev–Trinajstić information content (AvgIpc) is 3.70. The van der Waals surface area contributed by atoms with Gasteiger partial charge in [-0.1, -0.05) is 0 Å². The number of hydrogen-bond donors (Lipinski definition) is 0. The molecule has 0 atom stereocenters. The van der Waals surface area contributed by atoms with Gasteiger partial charge in [-0.2, -0.15) is 0 Å². The first-order chi connectivity index (χ1) is 20.3. The van der Waals surface area contributed by atoms with E-state index >= 15 is 0 Å². The fourth-order valence-electron chi connectivity index (χ4n) is 6.05. The maximum atomic E-state index is 14.1. The number of allylic oxidation sites excluding steroid dienone is 2. The number of aromatic nitrogens is 1. The Bertz CT molecular complexity index is 1420. The van der Waals surface area contributed by atoms with Crippen molar-refractivity contribution >= 4 is 64.6 Å². The molecule has 7 heteroatoms. The van der Waals surface area contributed by atoms with E-state index in [0.29, 0.717) is 11.4 Å². The van der Waals surface area contributed by atoms with Crippen LogP contribution in [0.5, 0.6) is 0 Å². The summed E-state index contributed by atoms with van der Waals surface area (Å²) in [6.07, 6.45) is 15.4. The van der Waals surface area contributed by atoms with Gasteiger partial charge in [0.25, 0.3) is 0 Å². The van der Waals surface area contributed by atoms with Gasteiger partial charge in [0.15, 0.2) is 0 Å². The summed E-state index contributed by atoms with van der Waals surface area (Å²) >= 11 is -0.736. The van der Waals surface area contributed by atoms with Crippen molar-refractivity contribution in [2.45, 2.75) is 86.5 Å². The summed E-state index contributed by atoms with van der Waals surface area (Å²) in [6.45, 7) is 10.9. The normalized spacial score (nSPS) is 14.7. The van der Waals surface area contributed by atoms with E-state index in [1.807, 2.05) is 26.0 Å². The molecule has 0 N–H and O–H groups in total. The van der Waals surface area contributed by atoms with E-state index in [4.69, 9.17) is 0 Å². The van der Waals surface area contributed by atoms with Crippen LogP contribution in [0.2, 0.25) is 13.3 Å². The number of unbranched alkanes of at least 4 members (excludes halogenated alkanes) is 3. The number of benzene rings is 1. The molecular formula is C35H45BF2N2SSn. The van der Waals surface area contributed by atoms with Gasteiger partial charge in [0.05, 0.1) is 5.70 Å². The van der Waals surface area contributed by atoms with Crippen LogP contribution in [0.1, 0.15) is 89.4 Å². The van der Waals surface area contributed by atoms with E-state index < -0.39 is 25.8 Å². The zero-order valence-electron chi connectivity index (χ0n) is 25.9. The van der Waals surface area contributed by atoms with Crippen LogP contribution in [0.3, 0.4) is 0 Å². The Hall–Kier alpha value is -2.19. The van der Waals surface area contributed by atoms with Gasteiger partial charge in [-0.25, -0.2) is 0 Å². The number of thiophene rings is 1. The van der Waals surface area contributed by atoms with Gasteiger partial charge in [0, 0.05) is 5.71 Å². The Morgan fingerprint density at radius 2 is 1.43 bits per heavy atom. The average molecular weight is 693 g/mol. The van der Waals surface area contributed by atoms with Crippen LogP contribution >= 0.6 is 11.3 Å². The number of aliphatic imine (C=N–C) groups is 1. The first-order valence-corrected chi connectivity index (χ1v) is 23.9. The molecule has 0 spiro atoms. The Balaban J connectivity index is 1.54. The van der Waals surface area contributed by atoms with Crippen LogP contribution in [-0.4, -0.2) is 36.0 Å². The first-order valence-electron chi connectivity index (χ1n) is 15.6. The van der Waals surface area contributed by atoms with E-state index in [0.717, 1.165) is 26.3 Å². The monoisotopic (exact) mass is 694 g/mol. The van der Waals surface area contributed by atoms with Gasteiger partial charge >= 0.3 is 205 Å². The van der Waals surface area contributed by atoms with Gasteiger partial charge < -0.3 is 0 Å². The number of nitrogens with zero attached hydrogens (tertiary/aromatic N) is 2. The minimum atomic E-state index is -2.64. The van der Waals surface area contributed by atoms with Gasteiger partial charge in [0.1, 0.15) is 0 Å². The van der Waals surface area contributed by atoms with Gasteiger partial charge in [-0.3, -0.25) is 13.6 Å². The molecule has 2 nitrogen and oxygen atoms in total. The molecule has 0 saturated heterocycles. The molecule has 1 aliphatic heterocycles. The zero-order valence-corrected chi connectivity index (χ0v) is 29.6. The summed E-state index contributed by atoms with van der Waals surface area (Å²) in [5.41, 5.74) is 4.79. The van der Waals surface area contributed by atoms with Crippen LogP contribution in [0.4, 0.5) is 8.63 Å². The predicted molar refractivity (Wildman–Crippen MR) is 186 cm³/mol. The molecule has 3 aromatic rings. The van der Waals surface area contributed by atoms with Crippen molar-refractivity contribution in [2.24, 2.45) is 4.99 Å². The Morgan fingerprint density at radius 1 is 0.810 bits per heavy atom. The molecule has 0 fully saturated rings. The molecule has 222 valence electrons. The van der Waals surface area contributed by atoms with Gasteiger partial charge in [-0.15, -0.1) is 0 Å². The second kappa shape index (κ2) is 15.5. The molecule has 0 unspecified atom stereocenters. The van der Waals surface area contributed by atoms with Crippen molar-refractivity contribution in [3.8, 4) is 10.4 Å². The summed E-state index contributed by atoms with van der Waals surface area (Å²) in [4.78, 5) is 6.73. The Morgan fingerprint density at radius 3 is 1.98 bits per heavy atom. The molecule has 0 saturated carbocycles. The van der Waals surface area contributed by atoms with Crippen molar-refractivity contribution in [3.05, 3.63) is 82.1 Å². The second-order valence-corrected chi connectivity index (χ2v) is 26.0. The molecule has 2 aromatic heterocycles. The third-order valence-electron chi connectivity index (χ3n) is 8.44. The quantitative estimate of drug-likeness (QED) is 0.141. The van der Waals surface area contributed by atoms with Gasteiger partial charge in [0.2, 0.25) is 0 Å². The third kappa shape index (κ3) is 8.04. The number of hydrogen-bond acceptors (Lipinski definition) is 2. The van der Waals surface area contributed by atoms with E-state index in [2.05, 4.69) is 62.2 Å². The standard InChI is InChI=1S/C23H18BF2N2S.3C4H9.Sn/c1-16-14-17(2)27-22(16)15-20-9-8-19(28(20)24(25)26)10-11-21-12-13-23(29-21)18-6-4-3-5-7-18;3*1-3-4-2;/h4-15H,1-2H3;3*1,3-4H2,2H3;/b11-10+,22-15-;;;;. The number of halogens is 2. The van der Waals surface area contributed by atoms with Crippen LogP contribution in [0, 0.1) is 0 Å². The van der Waals surface area contributed by atoms with E-state index in [-0.39, 0.29) is 0 Å². The molecule has 0 bridgehead atoms.